The Hall–Kier alpha value is -1.33. The number of benzene rings is 1. The lowest BCUT2D eigenvalue weighted by molar-refractivity contribution is 0.0220. The molecule has 0 saturated heterocycles. The highest BCUT2D eigenvalue weighted by molar-refractivity contribution is 6.76. The van der Waals surface area contributed by atoms with E-state index in [0.29, 0.717) is 12.4 Å². The molecular formula is C13H20O4Si. The van der Waals surface area contributed by atoms with Crippen LogP contribution in [0.2, 0.25) is 25.7 Å². The lowest BCUT2D eigenvalue weighted by Crippen LogP contribution is -2.22. The molecule has 0 aromatic heterocycles. The zero-order chi connectivity index (χ0) is 13.6. The Kier molecular flexibility index (Phi) is 5.37. The molecule has 100 valence electrons. The fourth-order valence-corrected chi connectivity index (χ4v) is 2.00. The molecule has 0 saturated carbocycles. The molecule has 0 bridgehead atoms. The van der Waals surface area contributed by atoms with Crippen LogP contribution in [-0.2, 0) is 4.74 Å². The molecule has 1 aromatic carbocycles. The lowest BCUT2D eigenvalue weighted by atomic mass is 10.2. The molecule has 0 fully saturated rings. The second kappa shape index (κ2) is 6.56. The minimum absolute atomic E-state index is 0.205. The quantitative estimate of drug-likeness (QED) is 0.469. The average Bonchev–Trinajstić information content (AvgIpc) is 2.27. The summed E-state index contributed by atoms with van der Waals surface area (Å²) in [4.78, 5) is 10.6. The molecule has 1 N–H and O–H groups in total. The maximum Gasteiger partial charge on any atom is 0.335 e. The van der Waals surface area contributed by atoms with Gasteiger partial charge in [-0.25, -0.2) is 4.79 Å². The number of ether oxygens (including phenoxy) is 2. The van der Waals surface area contributed by atoms with Crippen molar-refractivity contribution in [3.8, 4) is 5.75 Å². The summed E-state index contributed by atoms with van der Waals surface area (Å²) in [5, 5.41) is 8.74. The number of aromatic carboxylic acids is 1. The van der Waals surface area contributed by atoms with Crippen molar-refractivity contribution in [3.05, 3.63) is 29.8 Å². The van der Waals surface area contributed by atoms with Crippen LogP contribution in [0.1, 0.15) is 10.4 Å². The zero-order valence-electron chi connectivity index (χ0n) is 11.1. The van der Waals surface area contributed by atoms with Crippen LogP contribution in [0.5, 0.6) is 5.75 Å². The molecule has 5 heteroatoms. The minimum Gasteiger partial charge on any atom is -0.478 e. The molecule has 0 aliphatic carbocycles. The number of hydrogen-bond donors (Lipinski definition) is 1. The topological polar surface area (TPSA) is 55.8 Å². The Morgan fingerprint density at radius 1 is 1.22 bits per heavy atom. The second-order valence-corrected chi connectivity index (χ2v) is 10.9. The van der Waals surface area contributed by atoms with Crippen molar-refractivity contribution >= 4 is 14.0 Å². The van der Waals surface area contributed by atoms with E-state index in [2.05, 4.69) is 19.6 Å². The maximum absolute atomic E-state index is 10.6. The fraction of sp³-hybridized carbons (Fsp3) is 0.462. The Morgan fingerprint density at radius 2 is 1.83 bits per heavy atom. The highest BCUT2D eigenvalue weighted by Crippen LogP contribution is 2.12. The van der Waals surface area contributed by atoms with Gasteiger partial charge in [0.15, 0.2) is 6.79 Å². The third kappa shape index (κ3) is 5.84. The first-order chi connectivity index (χ1) is 8.38. The van der Waals surface area contributed by atoms with Crippen molar-refractivity contribution in [2.24, 2.45) is 0 Å². The van der Waals surface area contributed by atoms with Gasteiger partial charge in [0.05, 0.1) is 5.56 Å². The summed E-state index contributed by atoms with van der Waals surface area (Å²) in [5.74, 6) is -0.319. The van der Waals surface area contributed by atoms with E-state index in [-0.39, 0.29) is 12.4 Å². The van der Waals surface area contributed by atoms with Gasteiger partial charge in [0, 0.05) is 14.7 Å². The van der Waals surface area contributed by atoms with Crippen LogP contribution in [0.25, 0.3) is 0 Å². The number of carboxylic acid groups (broad SMARTS) is 1. The number of rotatable bonds is 7. The van der Waals surface area contributed by atoms with Gasteiger partial charge in [-0.3, -0.25) is 0 Å². The molecule has 1 rings (SSSR count). The van der Waals surface area contributed by atoms with Gasteiger partial charge in [-0.15, -0.1) is 0 Å². The monoisotopic (exact) mass is 268 g/mol. The van der Waals surface area contributed by atoms with E-state index < -0.39 is 14.0 Å². The minimum atomic E-state index is -1.05. The van der Waals surface area contributed by atoms with Gasteiger partial charge in [-0.05, 0) is 30.3 Å². The molecule has 0 spiro atoms. The van der Waals surface area contributed by atoms with Gasteiger partial charge in [0.25, 0.3) is 0 Å². The third-order valence-electron chi connectivity index (χ3n) is 2.41. The van der Waals surface area contributed by atoms with Crippen molar-refractivity contribution in [1.29, 1.82) is 0 Å². The summed E-state index contributed by atoms with van der Waals surface area (Å²) in [5.41, 5.74) is 0.252. The molecule has 0 aliphatic heterocycles. The van der Waals surface area contributed by atoms with Crippen molar-refractivity contribution in [3.63, 3.8) is 0 Å². The molecule has 0 unspecified atom stereocenters. The first-order valence-corrected chi connectivity index (χ1v) is 9.63. The fourth-order valence-electron chi connectivity index (χ4n) is 1.24. The third-order valence-corrected chi connectivity index (χ3v) is 4.11. The van der Waals surface area contributed by atoms with E-state index in [9.17, 15) is 4.79 Å². The summed E-state index contributed by atoms with van der Waals surface area (Å²) in [6, 6.07) is 7.39. The van der Waals surface area contributed by atoms with Crippen LogP contribution in [0.3, 0.4) is 0 Å². The summed E-state index contributed by atoms with van der Waals surface area (Å²) < 4.78 is 10.7. The first-order valence-electron chi connectivity index (χ1n) is 5.92. The SMILES string of the molecule is C[Si](C)(C)CCOCOc1ccc(C(=O)O)cc1. The Balaban J connectivity index is 2.25. The molecule has 18 heavy (non-hydrogen) atoms. The van der Waals surface area contributed by atoms with Crippen molar-refractivity contribution < 1.29 is 19.4 Å². The number of carboxylic acids is 1. The van der Waals surface area contributed by atoms with E-state index in [1.54, 1.807) is 12.1 Å². The van der Waals surface area contributed by atoms with Crippen LogP contribution in [0.4, 0.5) is 0 Å². The molecule has 1 aromatic rings. The van der Waals surface area contributed by atoms with Crippen LogP contribution in [0, 0.1) is 0 Å². The summed E-state index contributed by atoms with van der Waals surface area (Å²) in [6.45, 7) is 7.80. The van der Waals surface area contributed by atoms with Gasteiger partial charge in [-0.2, -0.15) is 0 Å². The van der Waals surface area contributed by atoms with E-state index in [4.69, 9.17) is 14.6 Å². The highest BCUT2D eigenvalue weighted by Gasteiger charge is 2.11. The predicted octanol–water partition coefficient (Wildman–Crippen LogP) is 3.08. The predicted molar refractivity (Wildman–Crippen MR) is 73.0 cm³/mol. The van der Waals surface area contributed by atoms with Gasteiger partial charge in [-0.1, -0.05) is 19.6 Å². The Morgan fingerprint density at radius 3 is 2.33 bits per heavy atom. The highest BCUT2D eigenvalue weighted by atomic mass is 28.3. The molecule has 4 nitrogen and oxygen atoms in total. The van der Waals surface area contributed by atoms with Crippen molar-refractivity contribution in [2.45, 2.75) is 25.7 Å². The Labute approximate surface area is 109 Å². The van der Waals surface area contributed by atoms with E-state index in [1.807, 2.05) is 0 Å². The molecular weight excluding hydrogens is 248 g/mol. The standard InChI is InChI=1S/C13H20O4Si/c1-18(2,3)9-8-16-10-17-12-6-4-11(5-7-12)13(14)15/h4-7H,8-10H2,1-3H3,(H,14,15). The van der Waals surface area contributed by atoms with Crippen LogP contribution in [0.15, 0.2) is 24.3 Å². The second-order valence-electron chi connectivity index (χ2n) is 5.31. The van der Waals surface area contributed by atoms with E-state index >= 15 is 0 Å². The van der Waals surface area contributed by atoms with Gasteiger partial charge >= 0.3 is 5.97 Å². The summed E-state index contributed by atoms with van der Waals surface area (Å²) in [7, 11) is -1.05. The molecule has 0 atom stereocenters. The van der Waals surface area contributed by atoms with Crippen LogP contribution < -0.4 is 4.74 Å². The largest absolute Gasteiger partial charge is 0.478 e. The van der Waals surface area contributed by atoms with Gasteiger partial charge in [0.1, 0.15) is 5.75 Å². The Bertz CT molecular complexity index is 381. The average molecular weight is 268 g/mol. The van der Waals surface area contributed by atoms with Crippen molar-refractivity contribution in [2.75, 3.05) is 13.4 Å². The molecule has 0 aliphatic rings. The summed E-state index contributed by atoms with van der Waals surface area (Å²) in [6.07, 6.45) is 0. The van der Waals surface area contributed by atoms with Gasteiger partial charge < -0.3 is 14.6 Å². The molecule has 0 amide bonds. The van der Waals surface area contributed by atoms with Gasteiger partial charge in [0.2, 0.25) is 0 Å². The van der Waals surface area contributed by atoms with Crippen LogP contribution in [-0.4, -0.2) is 32.5 Å². The normalized spacial score (nSPS) is 11.3. The number of hydrogen-bond acceptors (Lipinski definition) is 3. The summed E-state index contributed by atoms with van der Waals surface area (Å²) >= 11 is 0. The van der Waals surface area contributed by atoms with Crippen LogP contribution >= 0.6 is 0 Å². The van der Waals surface area contributed by atoms with E-state index in [0.717, 1.165) is 6.04 Å². The zero-order valence-corrected chi connectivity index (χ0v) is 12.1. The lowest BCUT2D eigenvalue weighted by Gasteiger charge is -2.15. The molecule has 0 heterocycles. The molecule has 0 radical (unpaired) electrons. The number of carbonyl (C=O) groups is 1. The smallest absolute Gasteiger partial charge is 0.335 e. The van der Waals surface area contributed by atoms with E-state index in [1.165, 1.54) is 12.1 Å². The van der Waals surface area contributed by atoms with Crippen molar-refractivity contribution in [1.82, 2.24) is 0 Å². The first kappa shape index (κ1) is 14.7. The maximum atomic E-state index is 10.6.